The lowest BCUT2D eigenvalue weighted by Gasteiger charge is -2.45. The number of rotatable bonds is 4. The maximum atomic E-state index is 13.7. The molecule has 9 heteroatoms. The SMILES string of the molecule is CC(C)(C)C1c2c(C(N)=O)ccc(-c3cccc(C(F)(F)F)c3)c2CCN1C(=O)NCc1nccc2ccccc12. The average Bonchev–Trinajstić information content (AvgIpc) is 2.93. The number of urea groups is 1. The highest BCUT2D eigenvalue weighted by atomic mass is 19.4. The summed E-state index contributed by atoms with van der Waals surface area (Å²) in [5.74, 6) is -0.659. The van der Waals surface area contributed by atoms with E-state index in [1.807, 2.05) is 51.1 Å². The van der Waals surface area contributed by atoms with E-state index in [0.29, 0.717) is 29.7 Å². The summed E-state index contributed by atoms with van der Waals surface area (Å²) in [6.07, 6.45) is -2.45. The van der Waals surface area contributed by atoms with Crippen molar-refractivity contribution < 1.29 is 22.8 Å². The first-order valence-corrected chi connectivity index (χ1v) is 13.4. The number of nitrogens with zero attached hydrogens (tertiary/aromatic N) is 2. The first kappa shape index (κ1) is 28.1. The number of hydrogen-bond acceptors (Lipinski definition) is 3. The Morgan fingerprint density at radius 3 is 2.49 bits per heavy atom. The van der Waals surface area contributed by atoms with Crippen LogP contribution < -0.4 is 11.1 Å². The van der Waals surface area contributed by atoms with Gasteiger partial charge in [-0.2, -0.15) is 13.2 Å². The molecule has 3 N–H and O–H groups in total. The van der Waals surface area contributed by atoms with E-state index in [2.05, 4.69) is 10.3 Å². The first-order chi connectivity index (χ1) is 19.4. The third-order valence-corrected chi connectivity index (χ3v) is 7.56. The number of amides is 3. The molecular formula is C32H31F3N4O2. The number of carbonyl (C=O) groups excluding carboxylic acids is 2. The molecule has 3 amide bonds. The summed E-state index contributed by atoms with van der Waals surface area (Å²) in [6, 6.07) is 17.1. The molecule has 5 rings (SSSR count). The van der Waals surface area contributed by atoms with Crippen LogP contribution in [0.4, 0.5) is 18.0 Å². The third-order valence-electron chi connectivity index (χ3n) is 7.56. The molecule has 1 aliphatic heterocycles. The number of fused-ring (bicyclic) bond motifs is 2. The molecule has 212 valence electrons. The Labute approximate surface area is 236 Å². The predicted octanol–water partition coefficient (Wildman–Crippen LogP) is 6.87. The molecule has 0 saturated heterocycles. The summed E-state index contributed by atoms with van der Waals surface area (Å²) < 4.78 is 40.5. The van der Waals surface area contributed by atoms with Crippen molar-refractivity contribution in [3.8, 4) is 11.1 Å². The van der Waals surface area contributed by atoms with Crippen LogP contribution in [0.1, 0.15) is 59.6 Å². The van der Waals surface area contributed by atoms with Crippen LogP contribution in [0.25, 0.3) is 21.9 Å². The summed E-state index contributed by atoms with van der Waals surface area (Å²) in [7, 11) is 0. The van der Waals surface area contributed by atoms with Crippen molar-refractivity contribution in [3.63, 3.8) is 0 Å². The Kier molecular flexibility index (Phi) is 7.23. The van der Waals surface area contributed by atoms with E-state index in [0.717, 1.165) is 34.2 Å². The van der Waals surface area contributed by atoms with E-state index in [-0.39, 0.29) is 18.1 Å². The second-order valence-corrected chi connectivity index (χ2v) is 11.3. The Bertz CT molecular complexity index is 1640. The first-order valence-electron chi connectivity index (χ1n) is 13.4. The number of nitrogens with two attached hydrogens (primary N) is 1. The fourth-order valence-electron chi connectivity index (χ4n) is 5.82. The van der Waals surface area contributed by atoms with Gasteiger partial charge in [-0.15, -0.1) is 0 Å². The molecule has 3 aromatic carbocycles. The zero-order chi connectivity index (χ0) is 29.5. The molecular weight excluding hydrogens is 529 g/mol. The third kappa shape index (κ3) is 5.49. The molecule has 0 spiro atoms. The molecule has 1 atom stereocenters. The highest BCUT2D eigenvalue weighted by Crippen LogP contribution is 2.46. The summed E-state index contributed by atoms with van der Waals surface area (Å²) >= 11 is 0. The summed E-state index contributed by atoms with van der Waals surface area (Å²) in [5.41, 5.74) is 7.77. The van der Waals surface area contributed by atoms with Crippen molar-refractivity contribution in [1.29, 1.82) is 0 Å². The van der Waals surface area contributed by atoms with Gasteiger partial charge in [0.15, 0.2) is 0 Å². The van der Waals surface area contributed by atoms with Gasteiger partial charge in [0.2, 0.25) is 5.91 Å². The number of carbonyl (C=O) groups is 2. The zero-order valence-corrected chi connectivity index (χ0v) is 23.0. The van der Waals surface area contributed by atoms with Crippen LogP contribution in [0.3, 0.4) is 0 Å². The molecule has 0 radical (unpaired) electrons. The standard InChI is InChI=1S/C32H31F3N4O2/c1-31(2,3)28-27-24(22(11-12-25(27)29(36)40)20-8-6-9-21(17-20)32(33,34)35)14-16-39(28)30(41)38-18-26-23-10-5-4-7-19(23)13-15-37-26/h4-13,15,17,28H,14,16,18H2,1-3H3,(H2,36,40)(H,38,41). The number of hydrogen-bond donors (Lipinski definition) is 2. The van der Waals surface area contributed by atoms with E-state index in [9.17, 15) is 22.8 Å². The predicted molar refractivity (Wildman–Crippen MR) is 152 cm³/mol. The Morgan fingerprint density at radius 1 is 1.02 bits per heavy atom. The van der Waals surface area contributed by atoms with Crippen LogP contribution >= 0.6 is 0 Å². The molecule has 1 unspecified atom stereocenters. The minimum absolute atomic E-state index is 0.202. The molecule has 0 bridgehead atoms. The lowest BCUT2D eigenvalue weighted by molar-refractivity contribution is -0.137. The Balaban J connectivity index is 1.55. The summed E-state index contributed by atoms with van der Waals surface area (Å²) in [5, 5.41) is 4.95. The molecule has 1 aromatic heterocycles. The molecule has 2 heterocycles. The highest BCUT2D eigenvalue weighted by molar-refractivity contribution is 5.96. The van der Waals surface area contributed by atoms with Crippen molar-refractivity contribution in [2.24, 2.45) is 11.1 Å². The van der Waals surface area contributed by atoms with E-state index in [4.69, 9.17) is 5.73 Å². The number of nitrogens with one attached hydrogen (secondary N) is 1. The van der Waals surface area contributed by atoms with Crippen LogP contribution in [0.5, 0.6) is 0 Å². The van der Waals surface area contributed by atoms with Gasteiger partial charge in [0.1, 0.15) is 0 Å². The molecule has 1 aliphatic rings. The van der Waals surface area contributed by atoms with Gasteiger partial charge in [0.25, 0.3) is 0 Å². The monoisotopic (exact) mass is 560 g/mol. The number of pyridine rings is 1. The minimum atomic E-state index is -4.50. The topological polar surface area (TPSA) is 88.3 Å². The van der Waals surface area contributed by atoms with Gasteiger partial charge in [-0.3, -0.25) is 9.78 Å². The quantitative estimate of drug-likeness (QED) is 0.285. The molecule has 0 fully saturated rings. The second kappa shape index (κ2) is 10.5. The molecule has 4 aromatic rings. The lowest BCUT2D eigenvalue weighted by atomic mass is 9.73. The maximum absolute atomic E-state index is 13.7. The molecule has 0 aliphatic carbocycles. The van der Waals surface area contributed by atoms with Gasteiger partial charge >= 0.3 is 12.2 Å². The van der Waals surface area contributed by atoms with Crippen LogP contribution in [-0.2, 0) is 19.1 Å². The Hall–Kier alpha value is -4.40. The van der Waals surface area contributed by atoms with E-state index in [1.54, 1.807) is 29.3 Å². The van der Waals surface area contributed by atoms with E-state index >= 15 is 0 Å². The molecule has 0 saturated carbocycles. The van der Waals surface area contributed by atoms with Crippen LogP contribution in [0.2, 0.25) is 0 Å². The number of aromatic nitrogens is 1. The largest absolute Gasteiger partial charge is 0.416 e. The van der Waals surface area contributed by atoms with Gasteiger partial charge in [0.05, 0.1) is 23.8 Å². The van der Waals surface area contributed by atoms with Gasteiger partial charge in [-0.25, -0.2) is 4.79 Å². The van der Waals surface area contributed by atoms with Crippen molar-refractivity contribution in [2.45, 2.75) is 46.0 Å². The minimum Gasteiger partial charge on any atom is -0.366 e. The average molecular weight is 561 g/mol. The fourth-order valence-corrected chi connectivity index (χ4v) is 5.82. The highest BCUT2D eigenvalue weighted by Gasteiger charge is 2.42. The lowest BCUT2D eigenvalue weighted by Crippen LogP contribution is -2.50. The van der Waals surface area contributed by atoms with Crippen LogP contribution in [-0.4, -0.2) is 28.4 Å². The number of halogens is 3. The van der Waals surface area contributed by atoms with Crippen molar-refractivity contribution >= 4 is 22.7 Å². The maximum Gasteiger partial charge on any atom is 0.416 e. The van der Waals surface area contributed by atoms with Gasteiger partial charge in [0, 0.05) is 23.7 Å². The van der Waals surface area contributed by atoms with Gasteiger partial charge < -0.3 is 16.0 Å². The molecule has 6 nitrogen and oxygen atoms in total. The number of primary amides is 1. The van der Waals surface area contributed by atoms with Crippen LogP contribution in [0, 0.1) is 5.41 Å². The van der Waals surface area contributed by atoms with Gasteiger partial charge in [-0.1, -0.05) is 63.2 Å². The fraction of sp³-hybridized carbons (Fsp3) is 0.281. The zero-order valence-electron chi connectivity index (χ0n) is 23.0. The van der Waals surface area contributed by atoms with E-state index in [1.165, 1.54) is 6.07 Å². The van der Waals surface area contributed by atoms with Crippen molar-refractivity contribution in [2.75, 3.05) is 6.54 Å². The smallest absolute Gasteiger partial charge is 0.366 e. The van der Waals surface area contributed by atoms with E-state index < -0.39 is 29.1 Å². The Morgan fingerprint density at radius 2 is 1.78 bits per heavy atom. The van der Waals surface area contributed by atoms with Crippen LogP contribution in [0.15, 0.2) is 72.9 Å². The van der Waals surface area contributed by atoms with Crippen molar-refractivity contribution in [3.05, 3.63) is 101 Å². The number of alkyl halides is 3. The second-order valence-electron chi connectivity index (χ2n) is 11.3. The summed E-state index contributed by atoms with van der Waals surface area (Å²) in [4.78, 5) is 32.5. The van der Waals surface area contributed by atoms with Gasteiger partial charge in [-0.05, 0) is 63.7 Å². The van der Waals surface area contributed by atoms with Crippen molar-refractivity contribution in [1.82, 2.24) is 15.2 Å². The normalized spacial score (nSPS) is 15.5. The molecule has 41 heavy (non-hydrogen) atoms. The number of benzene rings is 3. The summed E-state index contributed by atoms with van der Waals surface area (Å²) in [6.45, 7) is 6.38.